The standard InChI is InChI=1S/C12H8BrClN2O/c13-8-5-6-15-11(7-8)16-12(17)9-3-1-2-4-10(9)14/h1-7H,(H,15,16,17). The minimum Gasteiger partial charge on any atom is -0.306 e. The van der Waals surface area contributed by atoms with Gasteiger partial charge >= 0.3 is 0 Å². The van der Waals surface area contributed by atoms with Gasteiger partial charge in [-0.2, -0.15) is 0 Å². The van der Waals surface area contributed by atoms with Crippen LogP contribution in [0, 0.1) is 0 Å². The van der Waals surface area contributed by atoms with Crippen molar-refractivity contribution in [3.05, 3.63) is 57.7 Å². The van der Waals surface area contributed by atoms with E-state index in [1.165, 1.54) is 0 Å². The van der Waals surface area contributed by atoms with Crippen LogP contribution < -0.4 is 5.32 Å². The fourth-order valence-corrected chi connectivity index (χ4v) is 1.86. The molecule has 0 radical (unpaired) electrons. The van der Waals surface area contributed by atoms with Crippen LogP contribution in [-0.2, 0) is 0 Å². The molecule has 17 heavy (non-hydrogen) atoms. The lowest BCUT2D eigenvalue weighted by molar-refractivity contribution is 0.102. The molecule has 1 heterocycles. The van der Waals surface area contributed by atoms with Gasteiger partial charge in [0.1, 0.15) is 5.82 Å². The maximum absolute atomic E-state index is 11.9. The zero-order valence-electron chi connectivity index (χ0n) is 8.65. The summed E-state index contributed by atoms with van der Waals surface area (Å²) in [6, 6.07) is 10.4. The minimum atomic E-state index is -0.277. The Bertz CT molecular complexity index is 560. The normalized spacial score (nSPS) is 10.0. The summed E-state index contributed by atoms with van der Waals surface area (Å²) in [7, 11) is 0. The Morgan fingerprint density at radius 3 is 2.76 bits per heavy atom. The van der Waals surface area contributed by atoms with E-state index < -0.39 is 0 Å². The number of aromatic nitrogens is 1. The molecule has 0 aliphatic carbocycles. The molecule has 1 N–H and O–H groups in total. The molecule has 0 atom stereocenters. The number of amides is 1. The molecule has 2 aromatic rings. The number of pyridine rings is 1. The number of nitrogens with zero attached hydrogens (tertiary/aromatic N) is 1. The number of rotatable bonds is 2. The number of anilines is 1. The van der Waals surface area contributed by atoms with Crippen molar-refractivity contribution in [3.8, 4) is 0 Å². The summed E-state index contributed by atoms with van der Waals surface area (Å²) in [4.78, 5) is 15.9. The third-order valence-corrected chi connectivity index (χ3v) is 2.90. The first-order valence-corrected chi connectivity index (χ1v) is 6.01. The van der Waals surface area contributed by atoms with Crippen molar-refractivity contribution >= 4 is 39.3 Å². The number of benzene rings is 1. The molecule has 1 amide bonds. The highest BCUT2D eigenvalue weighted by atomic mass is 79.9. The number of halogens is 2. The van der Waals surface area contributed by atoms with Crippen LogP contribution in [0.3, 0.4) is 0 Å². The fourth-order valence-electron chi connectivity index (χ4n) is 1.30. The van der Waals surface area contributed by atoms with E-state index in [9.17, 15) is 4.79 Å². The summed E-state index contributed by atoms with van der Waals surface area (Å²) in [6.07, 6.45) is 1.60. The van der Waals surface area contributed by atoms with Gasteiger partial charge in [0.05, 0.1) is 10.6 Å². The second kappa shape index (κ2) is 5.29. The Morgan fingerprint density at radius 2 is 2.06 bits per heavy atom. The first-order chi connectivity index (χ1) is 8.16. The van der Waals surface area contributed by atoms with Gasteiger partial charge in [-0.15, -0.1) is 0 Å². The first kappa shape index (κ1) is 12.1. The Kier molecular flexibility index (Phi) is 3.76. The molecule has 0 aliphatic heterocycles. The molecule has 0 spiro atoms. The van der Waals surface area contributed by atoms with Crippen LogP contribution in [0.1, 0.15) is 10.4 Å². The summed E-state index contributed by atoms with van der Waals surface area (Å²) in [5.74, 6) is 0.200. The molecule has 0 unspecified atom stereocenters. The Hall–Kier alpha value is -1.39. The van der Waals surface area contributed by atoms with Crippen LogP contribution in [0.4, 0.5) is 5.82 Å². The SMILES string of the molecule is O=C(Nc1cc(Br)ccn1)c1ccccc1Cl. The van der Waals surface area contributed by atoms with Gasteiger partial charge in [0.2, 0.25) is 0 Å². The molecule has 0 aliphatic rings. The van der Waals surface area contributed by atoms with Gasteiger partial charge in [0.25, 0.3) is 5.91 Å². The fraction of sp³-hybridized carbons (Fsp3) is 0. The monoisotopic (exact) mass is 310 g/mol. The van der Waals surface area contributed by atoms with Crippen molar-refractivity contribution in [1.29, 1.82) is 0 Å². The van der Waals surface area contributed by atoms with Crippen LogP contribution in [0.5, 0.6) is 0 Å². The van der Waals surface area contributed by atoms with Gasteiger partial charge in [-0.05, 0) is 24.3 Å². The van der Waals surface area contributed by atoms with E-state index in [-0.39, 0.29) is 5.91 Å². The quantitative estimate of drug-likeness (QED) is 0.918. The minimum absolute atomic E-state index is 0.277. The maximum atomic E-state index is 11.9. The first-order valence-electron chi connectivity index (χ1n) is 4.84. The van der Waals surface area contributed by atoms with Crippen LogP contribution in [0.2, 0.25) is 5.02 Å². The summed E-state index contributed by atoms with van der Waals surface area (Å²) in [5, 5.41) is 3.09. The molecule has 0 fully saturated rings. The molecular weight excluding hydrogens is 304 g/mol. The lowest BCUT2D eigenvalue weighted by Crippen LogP contribution is -2.13. The van der Waals surface area contributed by atoms with E-state index in [0.29, 0.717) is 16.4 Å². The molecule has 86 valence electrons. The summed E-state index contributed by atoms with van der Waals surface area (Å²) in [6.45, 7) is 0. The highest BCUT2D eigenvalue weighted by Gasteiger charge is 2.10. The number of nitrogens with one attached hydrogen (secondary N) is 1. The van der Waals surface area contributed by atoms with Crippen LogP contribution >= 0.6 is 27.5 Å². The molecule has 1 aromatic carbocycles. The van der Waals surface area contributed by atoms with Crippen LogP contribution in [-0.4, -0.2) is 10.9 Å². The summed E-state index contributed by atoms with van der Waals surface area (Å²) >= 11 is 9.23. The van der Waals surface area contributed by atoms with E-state index in [1.54, 1.807) is 42.6 Å². The topological polar surface area (TPSA) is 42.0 Å². The van der Waals surface area contributed by atoms with E-state index in [2.05, 4.69) is 26.2 Å². The van der Waals surface area contributed by atoms with Crippen molar-refractivity contribution < 1.29 is 4.79 Å². The lowest BCUT2D eigenvalue weighted by atomic mass is 10.2. The molecule has 2 rings (SSSR count). The van der Waals surface area contributed by atoms with Crippen molar-refractivity contribution in [2.24, 2.45) is 0 Å². The number of hydrogen-bond donors (Lipinski definition) is 1. The predicted molar refractivity (Wildman–Crippen MR) is 71.3 cm³/mol. The molecule has 1 aromatic heterocycles. The van der Waals surface area contributed by atoms with Crippen molar-refractivity contribution in [2.75, 3.05) is 5.32 Å². The van der Waals surface area contributed by atoms with Gasteiger partial charge in [-0.3, -0.25) is 4.79 Å². The van der Waals surface area contributed by atoms with E-state index in [1.807, 2.05) is 0 Å². The number of hydrogen-bond acceptors (Lipinski definition) is 2. The molecule has 5 heteroatoms. The molecule has 0 saturated heterocycles. The third-order valence-electron chi connectivity index (χ3n) is 2.08. The van der Waals surface area contributed by atoms with Crippen molar-refractivity contribution in [3.63, 3.8) is 0 Å². The second-order valence-corrected chi connectivity index (χ2v) is 4.62. The zero-order chi connectivity index (χ0) is 12.3. The van der Waals surface area contributed by atoms with Crippen molar-refractivity contribution in [2.45, 2.75) is 0 Å². The van der Waals surface area contributed by atoms with Gasteiger partial charge in [0, 0.05) is 10.7 Å². The molecule has 0 bridgehead atoms. The summed E-state index contributed by atoms with van der Waals surface area (Å²) < 4.78 is 0.849. The molecule has 0 saturated carbocycles. The highest BCUT2D eigenvalue weighted by molar-refractivity contribution is 9.10. The maximum Gasteiger partial charge on any atom is 0.258 e. The number of carbonyl (C=O) groups is 1. The van der Waals surface area contributed by atoms with E-state index in [0.717, 1.165) is 4.47 Å². The Labute approximate surface area is 112 Å². The zero-order valence-corrected chi connectivity index (χ0v) is 11.0. The number of carbonyl (C=O) groups excluding carboxylic acids is 1. The Morgan fingerprint density at radius 1 is 1.29 bits per heavy atom. The Balaban J connectivity index is 2.20. The lowest BCUT2D eigenvalue weighted by Gasteiger charge is -2.05. The predicted octanol–water partition coefficient (Wildman–Crippen LogP) is 3.75. The van der Waals surface area contributed by atoms with Crippen LogP contribution in [0.25, 0.3) is 0 Å². The average Bonchev–Trinajstić information content (AvgIpc) is 2.29. The van der Waals surface area contributed by atoms with Gasteiger partial charge in [-0.25, -0.2) is 4.98 Å². The molecule has 3 nitrogen and oxygen atoms in total. The smallest absolute Gasteiger partial charge is 0.258 e. The second-order valence-electron chi connectivity index (χ2n) is 3.29. The van der Waals surface area contributed by atoms with Crippen molar-refractivity contribution in [1.82, 2.24) is 4.98 Å². The third kappa shape index (κ3) is 3.05. The highest BCUT2D eigenvalue weighted by Crippen LogP contribution is 2.17. The summed E-state index contributed by atoms with van der Waals surface area (Å²) in [5.41, 5.74) is 0.427. The van der Waals surface area contributed by atoms with E-state index in [4.69, 9.17) is 11.6 Å². The van der Waals surface area contributed by atoms with Gasteiger partial charge in [0.15, 0.2) is 0 Å². The van der Waals surface area contributed by atoms with Gasteiger partial charge < -0.3 is 5.32 Å². The van der Waals surface area contributed by atoms with Gasteiger partial charge in [-0.1, -0.05) is 39.7 Å². The van der Waals surface area contributed by atoms with E-state index >= 15 is 0 Å². The molecular formula is C12H8BrClN2O. The largest absolute Gasteiger partial charge is 0.306 e. The average molecular weight is 312 g/mol. The van der Waals surface area contributed by atoms with Crippen LogP contribution in [0.15, 0.2) is 47.1 Å².